The molecule has 2 nitrogen and oxygen atoms in total. The predicted molar refractivity (Wildman–Crippen MR) is 133 cm³/mol. The van der Waals surface area contributed by atoms with Gasteiger partial charge in [0.05, 0.1) is 0 Å². The van der Waals surface area contributed by atoms with Crippen LogP contribution < -0.4 is 0 Å². The highest BCUT2D eigenvalue weighted by Crippen LogP contribution is 2.59. The van der Waals surface area contributed by atoms with Gasteiger partial charge in [-0.3, -0.25) is 0 Å². The van der Waals surface area contributed by atoms with E-state index in [0.29, 0.717) is 27.5 Å². The second-order valence-corrected chi connectivity index (χ2v) is 23.2. The first-order chi connectivity index (χ1) is 12.9. The summed E-state index contributed by atoms with van der Waals surface area (Å²) in [5.74, 6) is 2.17. The van der Waals surface area contributed by atoms with E-state index < -0.39 is 16.6 Å². The molecular formula is C25H52O2Si2. The van der Waals surface area contributed by atoms with Gasteiger partial charge in [0.2, 0.25) is 0 Å². The second-order valence-electron chi connectivity index (χ2n) is 13.7. The normalized spacial score (nSPS) is 32.9. The lowest BCUT2D eigenvalue weighted by Crippen LogP contribution is -2.50. The van der Waals surface area contributed by atoms with Gasteiger partial charge in [-0.2, -0.15) is 0 Å². The van der Waals surface area contributed by atoms with E-state index in [0.717, 1.165) is 18.4 Å². The summed E-state index contributed by atoms with van der Waals surface area (Å²) in [6.07, 6.45) is 7.18. The summed E-state index contributed by atoms with van der Waals surface area (Å²) in [5.41, 5.74) is 0.432. The number of fused-ring (bicyclic) bond motifs is 1. The summed E-state index contributed by atoms with van der Waals surface area (Å²) in [6, 6.07) is 0. The van der Waals surface area contributed by atoms with Crippen molar-refractivity contribution in [1.29, 1.82) is 0 Å². The lowest BCUT2D eigenvalue weighted by Gasteiger charge is -2.50. The van der Waals surface area contributed by atoms with E-state index in [-0.39, 0.29) is 0 Å². The zero-order chi connectivity index (χ0) is 22.5. The van der Waals surface area contributed by atoms with Crippen molar-refractivity contribution in [2.45, 2.75) is 130 Å². The van der Waals surface area contributed by atoms with Crippen molar-refractivity contribution in [3.8, 4) is 0 Å². The Labute approximate surface area is 185 Å². The predicted octanol–water partition coefficient (Wildman–Crippen LogP) is 8.25. The maximum atomic E-state index is 7.02. The molecule has 172 valence electrons. The smallest absolute Gasteiger partial charge is 0.192 e. The van der Waals surface area contributed by atoms with E-state index >= 15 is 0 Å². The van der Waals surface area contributed by atoms with Crippen LogP contribution in [0.1, 0.15) is 87.5 Å². The molecule has 2 fully saturated rings. The van der Waals surface area contributed by atoms with E-state index in [4.69, 9.17) is 8.85 Å². The van der Waals surface area contributed by atoms with Crippen LogP contribution in [-0.4, -0.2) is 29.3 Å². The first-order valence-electron chi connectivity index (χ1n) is 12.2. The maximum absolute atomic E-state index is 7.02. The Kier molecular flexibility index (Phi) is 7.39. The van der Waals surface area contributed by atoms with Crippen LogP contribution in [-0.2, 0) is 8.85 Å². The maximum Gasteiger partial charge on any atom is 0.192 e. The zero-order valence-corrected chi connectivity index (χ0v) is 23.9. The van der Waals surface area contributed by atoms with E-state index in [1.54, 1.807) is 0 Å². The molecule has 2 aliphatic carbocycles. The molecule has 2 saturated carbocycles. The lowest BCUT2D eigenvalue weighted by atomic mass is 9.62. The highest BCUT2D eigenvalue weighted by molar-refractivity contribution is 6.74. The Hall–Kier alpha value is 0.354. The third-order valence-electron chi connectivity index (χ3n) is 9.59. The van der Waals surface area contributed by atoms with Crippen LogP contribution in [0.3, 0.4) is 0 Å². The molecule has 0 aromatic carbocycles. The highest BCUT2D eigenvalue weighted by Gasteiger charge is 2.54. The Morgan fingerprint density at radius 2 is 1.45 bits per heavy atom. The molecule has 29 heavy (non-hydrogen) atoms. The Morgan fingerprint density at radius 3 is 1.97 bits per heavy atom. The topological polar surface area (TPSA) is 18.5 Å². The van der Waals surface area contributed by atoms with Gasteiger partial charge >= 0.3 is 0 Å². The molecule has 0 bridgehead atoms. The largest absolute Gasteiger partial charge is 0.417 e. The minimum Gasteiger partial charge on any atom is -0.417 e. The molecule has 0 spiro atoms. The van der Waals surface area contributed by atoms with Gasteiger partial charge in [-0.05, 0) is 85.1 Å². The Bertz CT molecular complexity index is 558. The van der Waals surface area contributed by atoms with Gasteiger partial charge in [0.25, 0.3) is 0 Å². The van der Waals surface area contributed by atoms with Gasteiger partial charge in [0.15, 0.2) is 16.6 Å². The molecule has 0 heterocycles. The fraction of sp³-hybridized carbons (Fsp3) is 1.00. The molecule has 0 aromatic rings. The molecule has 5 atom stereocenters. The molecule has 0 N–H and O–H groups in total. The minimum absolute atomic E-state index is 0.293. The van der Waals surface area contributed by atoms with E-state index in [1.165, 1.54) is 32.1 Å². The molecule has 2 aliphatic rings. The SMILES string of the molecule is C[C@H](CO[Si](C)(C)C(C)(C)C)C1CCC2[C@@H](O[Si](C)(C)C(C)(C)C)CCC[C@]12C. The first kappa shape index (κ1) is 25.6. The van der Waals surface area contributed by atoms with E-state index in [9.17, 15) is 0 Å². The molecule has 0 aromatic heterocycles. The lowest BCUT2D eigenvalue weighted by molar-refractivity contribution is -0.0253. The van der Waals surface area contributed by atoms with Gasteiger partial charge in [0.1, 0.15) is 0 Å². The summed E-state index contributed by atoms with van der Waals surface area (Å²) < 4.78 is 13.7. The van der Waals surface area contributed by atoms with Gasteiger partial charge < -0.3 is 8.85 Å². The van der Waals surface area contributed by atoms with Crippen LogP contribution in [0.2, 0.25) is 36.3 Å². The molecule has 2 unspecified atom stereocenters. The molecule has 0 amide bonds. The van der Waals surface area contributed by atoms with E-state index in [2.05, 4.69) is 81.6 Å². The molecule has 4 heteroatoms. The molecule has 2 rings (SSSR count). The first-order valence-corrected chi connectivity index (χ1v) is 18.1. The minimum atomic E-state index is -1.71. The molecule has 0 radical (unpaired) electrons. The average Bonchev–Trinajstić information content (AvgIpc) is 2.88. The average molecular weight is 441 g/mol. The summed E-state index contributed by atoms with van der Waals surface area (Å²) in [7, 11) is -3.39. The fourth-order valence-electron chi connectivity index (χ4n) is 5.46. The number of rotatable bonds is 6. The van der Waals surface area contributed by atoms with Crippen molar-refractivity contribution in [1.82, 2.24) is 0 Å². The van der Waals surface area contributed by atoms with Crippen molar-refractivity contribution >= 4 is 16.6 Å². The number of hydrogen-bond donors (Lipinski definition) is 0. The van der Waals surface area contributed by atoms with Gasteiger partial charge in [-0.25, -0.2) is 0 Å². The van der Waals surface area contributed by atoms with Crippen molar-refractivity contribution in [2.24, 2.45) is 23.2 Å². The summed E-state index contributed by atoms with van der Waals surface area (Å²) in [5, 5.41) is 0.588. The van der Waals surface area contributed by atoms with Crippen molar-refractivity contribution < 1.29 is 8.85 Å². The summed E-state index contributed by atoms with van der Waals surface area (Å²) in [4.78, 5) is 0. The van der Waals surface area contributed by atoms with Gasteiger partial charge in [-0.15, -0.1) is 0 Å². The van der Waals surface area contributed by atoms with Crippen LogP contribution in [0.25, 0.3) is 0 Å². The standard InChI is InChI=1S/C25H52O2Si2/c1-19(18-26-28(9,10)23(2,3)4)20-15-16-21-22(14-13-17-25(20,21)8)27-29(11,12)24(5,6)7/h19-22H,13-18H2,1-12H3/t19-,20?,21?,22+,25-/m1/s1. The third kappa shape index (κ3) is 5.23. The van der Waals surface area contributed by atoms with Gasteiger partial charge in [-0.1, -0.05) is 61.8 Å². The molecule has 0 aliphatic heterocycles. The molecule has 0 saturated heterocycles. The molecular weight excluding hydrogens is 388 g/mol. The van der Waals surface area contributed by atoms with Crippen molar-refractivity contribution in [2.75, 3.05) is 6.61 Å². The van der Waals surface area contributed by atoms with Crippen LogP contribution in [0.4, 0.5) is 0 Å². The summed E-state index contributed by atoms with van der Waals surface area (Å²) in [6.45, 7) is 29.8. The fourth-order valence-corrected chi connectivity index (χ4v) is 7.97. The van der Waals surface area contributed by atoms with Crippen LogP contribution in [0, 0.1) is 23.2 Å². The van der Waals surface area contributed by atoms with Crippen molar-refractivity contribution in [3.05, 3.63) is 0 Å². The Balaban J connectivity index is 2.09. The number of hydrogen-bond acceptors (Lipinski definition) is 2. The van der Waals surface area contributed by atoms with Gasteiger partial charge in [0, 0.05) is 12.7 Å². The van der Waals surface area contributed by atoms with Crippen LogP contribution >= 0.6 is 0 Å². The zero-order valence-electron chi connectivity index (χ0n) is 21.9. The summed E-state index contributed by atoms with van der Waals surface area (Å²) >= 11 is 0. The van der Waals surface area contributed by atoms with Crippen molar-refractivity contribution in [3.63, 3.8) is 0 Å². The second kappa shape index (κ2) is 8.37. The monoisotopic (exact) mass is 440 g/mol. The quantitative estimate of drug-likeness (QED) is 0.387. The highest BCUT2D eigenvalue weighted by atomic mass is 28.4. The Morgan fingerprint density at radius 1 is 0.897 bits per heavy atom. The third-order valence-corrected chi connectivity index (χ3v) is 18.6. The van der Waals surface area contributed by atoms with Crippen LogP contribution in [0.15, 0.2) is 0 Å². The van der Waals surface area contributed by atoms with Crippen LogP contribution in [0.5, 0.6) is 0 Å². The van der Waals surface area contributed by atoms with E-state index in [1.807, 2.05) is 0 Å².